The van der Waals surface area contributed by atoms with Gasteiger partial charge in [-0.05, 0) is 31.4 Å². The van der Waals surface area contributed by atoms with Crippen molar-refractivity contribution in [3.8, 4) is 0 Å². The summed E-state index contributed by atoms with van der Waals surface area (Å²) in [6.07, 6.45) is 1.42. The van der Waals surface area contributed by atoms with E-state index in [1.807, 2.05) is 45.0 Å². The SMILES string of the molecule is CCCn1nc(C(=O)N/N=C(/CC)c2ccc(C)cc2)c2ccccc2c1=O. The molecular formula is C22H24N4O2. The van der Waals surface area contributed by atoms with Crippen LogP contribution in [0.15, 0.2) is 58.4 Å². The second kappa shape index (κ2) is 8.61. The lowest BCUT2D eigenvalue weighted by Gasteiger charge is -2.10. The minimum absolute atomic E-state index is 0.189. The Morgan fingerprint density at radius 3 is 2.39 bits per heavy atom. The first-order valence-electron chi connectivity index (χ1n) is 9.49. The van der Waals surface area contributed by atoms with Gasteiger partial charge in [-0.3, -0.25) is 9.59 Å². The average Bonchev–Trinajstić information content (AvgIpc) is 2.71. The zero-order chi connectivity index (χ0) is 20.1. The third-order valence-electron chi connectivity index (χ3n) is 4.53. The van der Waals surface area contributed by atoms with Gasteiger partial charge in [-0.15, -0.1) is 0 Å². The number of aromatic nitrogens is 2. The van der Waals surface area contributed by atoms with E-state index in [4.69, 9.17) is 0 Å². The van der Waals surface area contributed by atoms with Crippen LogP contribution in [0.25, 0.3) is 10.8 Å². The summed E-state index contributed by atoms with van der Waals surface area (Å²) in [5, 5.41) is 9.62. The highest BCUT2D eigenvalue weighted by molar-refractivity contribution is 6.06. The standard InChI is InChI=1S/C22H24N4O2/c1-4-14-26-22(28)18-9-7-6-8-17(18)20(25-26)21(27)24-23-19(5-2)16-12-10-15(3)11-13-16/h6-13H,4-5,14H2,1-3H3,(H,24,27)/b23-19-. The number of benzene rings is 2. The van der Waals surface area contributed by atoms with Gasteiger partial charge in [0.2, 0.25) is 0 Å². The quantitative estimate of drug-likeness (QED) is 0.527. The Balaban J connectivity index is 1.97. The highest BCUT2D eigenvalue weighted by Gasteiger charge is 2.16. The van der Waals surface area contributed by atoms with Crippen LogP contribution >= 0.6 is 0 Å². The predicted octanol–water partition coefficient (Wildman–Crippen LogP) is 3.66. The summed E-state index contributed by atoms with van der Waals surface area (Å²) in [5.41, 5.74) is 5.53. The maximum absolute atomic E-state index is 12.8. The molecule has 0 unspecified atom stereocenters. The molecule has 0 saturated carbocycles. The van der Waals surface area contributed by atoms with Crippen LogP contribution in [0.2, 0.25) is 0 Å². The molecule has 6 nitrogen and oxygen atoms in total. The highest BCUT2D eigenvalue weighted by Crippen LogP contribution is 2.14. The number of nitrogens with one attached hydrogen (secondary N) is 1. The molecule has 0 aliphatic rings. The molecule has 0 aliphatic heterocycles. The number of amides is 1. The normalized spacial score (nSPS) is 11.6. The monoisotopic (exact) mass is 376 g/mol. The number of hydrogen-bond donors (Lipinski definition) is 1. The molecule has 1 amide bonds. The highest BCUT2D eigenvalue weighted by atomic mass is 16.2. The molecule has 3 rings (SSSR count). The molecule has 0 radical (unpaired) electrons. The molecule has 3 aromatic rings. The zero-order valence-corrected chi connectivity index (χ0v) is 16.4. The van der Waals surface area contributed by atoms with Crippen LogP contribution in [0, 0.1) is 6.92 Å². The van der Waals surface area contributed by atoms with Crippen molar-refractivity contribution in [2.45, 2.75) is 40.2 Å². The fourth-order valence-corrected chi connectivity index (χ4v) is 3.03. The number of hydrazone groups is 1. The van der Waals surface area contributed by atoms with Gasteiger partial charge in [0.25, 0.3) is 11.5 Å². The van der Waals surface area contributed by atoms with Gasteiger partial charge >= 0.3 is 0 Å². The summed E-state index contributed by atoms with van der Waals surface area (Å²) in [7, 11) is 0. The van der Waals surface area contributed by atoms with Gasteiger partial charge in [0, 0.05) is 11.9 Å². The molecule has 0 fully saturated rings. The Kier molecular flexibility index (Phi) is 5.99. The number of nitrogens with zero attached hydrogens (tertiary/aromatic N) is 3. The topological polar surface area (TPSA) is 76.3 Å². The first-order chi connectivity index (χ1) is 13.5. The first kappa shape index (κ1) is 19.5. The lowest BCUT2D eigenvalue weighted by atomic mass is 10.1. The largest absolute Gasteiger partial charge is 0.292 e. The van der Waals surface area contributed by atoms with E-state index < -0.39 is 5.91 Å². The Hall–Kier alpha value is -3.28. The minimum atomic E-state index is -0.431. The number of carbonyl (C=O) groups excluding carboxylic acids is 1. The third-order valence-corrected chi connectivity index (χ3v) is 4.53. The molecule has 0 saturated heterocycles. The fraction of sp³-hybridized carbons (Fsp3) is 0.273. The summed E-state index contributed by atoms with van der Waals surface area (Å²) < 4.78 is 1.35. The van der Waals surface area contributed by atoms with Crippen molar-refractivity contribution in [3.05, 3.63) is 75.7 Å². The van der Waals surface area contributed by atoms with Crippen molar-refractivity contribution in [2.24, 2.45) is 5.10 Å². The van der Waals surface area contributed by atoms with E-state index in [0.717, 1.165) is 23.3 Å². The molecule has 1 N–H and O–H groups in total. The van der Waals surface area contributed by atoms with E-state index in [1.165, 1.54) is 4.68 Å². The van der Waals surface area contributed by atoms with Gasteiger partial charge in [-0.1, -0.05) is 61.9 Å². The second-order valence-electron chi connectivity index (χ2n) is 6.64. The van der Waals surface area contributed by atoms with Crippen LogP contribution in [-0.4, -0.2) is 21.4 Å². The molecule has 6 heteroatoms. The Bertz CT molecular complexity index is 1080. The smallest absolute Gasteiger partial charge is 0.267 e. The number of rotatable bonds is 6. The molecule has 28 heavy (non-hydrogen) atoms. The van der Waals surface area contributed by atoms with Gasteiger partial charge in [-0.2, -0.15) is 10.2 Å². The summed E-state index contributed by atoms with van der Waals surface area (Å²) in [6.45, 7) is 6.43. The fourth-order valence-electron chi connectivity index (χ4n) is 3.03. The van der Waals surface area contributed by atoms with Crippen LogP contribution in [0.5, 0.6) is 0 Å². The molecule has 0 spiro atoms. The van der Waals surface area contributed by atoms with Gasteiger partial charge in [0.15, 0.2) is 5.69 Å². The molecule has 0 atom stereocenters. The van der Waals surface area contributed by atoms with E-state index in [2.05, 4.69) is 15.6 Å². The molecule has 1 heterocycles. The van der Waals surface area contributed by atoms with Crippen LogP contribution in [0.1, 0.15) is 48.3 Å². The van der Waals surface area contributed by atoms with E-state index in [0.29, 0.717) is 23.7 Å². The first-order valence-corrected chi connectivity index (χ1v) is 9.49. The second-order valence-corrected chi connectivity index (χ2v) is 6.64. The van der Waals surface area contributed by atoms with Crippen molar-refractivity contribution in [1.82, 2.24) is 15.2 Å². The third kappa shape index (κ3) is 4.01. The van der Waals surface area contributed by atoms with E-state index in [1.54, 1.807) is 24.3 Å². The Labute approximate surface area is 163 Å². The zero-order valence-electron chi connectivity index (χ0n) is 16.4. The molecular weight excluding hydrogens is 352 g/mol. The molecule has 2 aromatic carbocycles. The number of aryl methyl sites for hydroxylation is 2. The van der Waals surface area contributed by atoms with Gasteiger partial charge in [0.1, 0.15) is 0 Å². The lowest BCUT2D eigenvalue weighted by molar-refractivity contribution is 0.0949. The summed E-state index contributed by atoms with van der Waals surface area (Å²) in [6, 6.07) is 15.0. The van der Waals surface area contributed by atoms with Crippen LogP contribution in [0.4, 0.5) is 0 Å². The van der Waals surface area contributed by atoms with Crippen molar-refractivity contribution in [3.63, 3.8) is 0 Å². The van der Waals surface area contributed by atoms with Gasteiger partial charge in [-0.25, -0.2) is 10.1 Å². The van der Waals surface area contributed by atoms with Gasteiger partial charge < -0.3 is 0 Å². The summed E-state index contributed by atoms with van der Waals surface area (Å²) in [5.74, 6) is -0.431. The van der Waals surface area contributed by atoms with Crippen molar-refractivity contribution in [1.29, 1.82) is 0 Å². The van der Waals surface area contributed by atoms with Crippen LogP contribution < -0.4 is 11.0 Å². The minimum Gasteiger partial charge on any atom is -0.267 e. The maximum atomic E-state index is 12.8. The summed E-state index contributed by atoms with van der Waals surface area (Å²) in [4.78, 5) is 25.4. The molecule has 0 aliphatic carbocycles. The number of fused-ring (bicyclic) bond motifs is 1. The number of hydrogen-bond acceptors (Lipinski definition) is 4. The number of carbonyl (C=O) groups is 1. The average molecular weight is 376 g/mol. The molecule has 144 valence electrons. The Morgan fingerprint density at radius 1 is 1.07 bits per heavy atom. The molecule has 1 aromatic heterocycles. The molecule has 0 bridgehead atoms. The van der Waals surface area contributed by atoms with Gasteiger partial charge in [0.05, 0.1) is 11.1 Å². The predicted molar refractivity (Wildman–Crippen MR) is 112 cm³/mol. The van der Waals surface area contributed by atoms with Crippen molar-refractivity contribution >= 4 is 22.4 Å². The summed E-state index contributed by atoms with van der Waals surface area (Å²) >= 11 is 0. The lowest BCUT2D eigenvalue weighted by Crippen LogP contribution is -2.29. The van der Waals surface area contributed by atoms with Crippen molar-refractivity contribution in [2.75, 3.05) is 0 Å². The van der Waals surface area contributed by atoms with Crippen molar-refractivity contribution < 1.29 is 4.79 Å². The Morgan fingerprint density at radius 2 is 1.75 bits per heavy atom. The van der Waals surface area contributed by atoms with Crippen LogP contribution in [0.3, 0.4) is 0 Å². The van der Waals surface area contributed by atoms with E-state index >= 15 is 0 Å². The maximum Gasteiger partial charge on any atom is 0.292 e. The van der Waals surface area contributed by atoms with E-state index in [-0.39, 0.29) is 11.3 Å². The van der Waals surface area contributed by atoms with E-state index in [9.17, 15) is 9.59 Å². The van der Waals surface area contributed by atoms with Crippen LogP contribution in [-0.2, 0) is 6.54 Å².